The van der Waals surface area contributed by atoms with Crippen molar-refractivity contribution < 1.29 is 9.84 Å². The summed E-state index contributed by atoms with van der Waals surface area (Å²) in [6.45, 7) is 6.31. The van der Waals surface area contributed by atoms with Crippen molar-refractivity contribution in [2.24, 2.45) is 0 Å². The Hall–Kier alpha value is -1.02. The molecule has 2 rings (SSSR count). The van der Waals surface area contributed by atoms with Crippen molar-refractivity contribution in [1.29, 1.82) is 0 Å². The van der Waals surface area contributed by atoms with Gasteiger partial charge in [-0.25, -0.2) is 0 Å². The van der Waals surface area contributed by atoms with E-state index >= 15 is 0 Å². The van der Waals surface area contributed by atoms with Crippen molar-refractivity contribution in [3.63, 3.8) is 0 Å². The van der Waals surface area contributed by atoms with Gasteiger partial charge in [-0.3, -0.25) is 0 Å². The first-order valence-electron chi connectivity index (χ1n) is 6.49. The van der Waals surface area contributed by atoms with Gasteiger partial charge < -0.3 is 9.84 Å². The molecule has 0 bridgehead atoms. The Morgan fingerprint density at radius 1 is 1.18 bits per heavy atom. The van der Waals surface area contributed by atoms with Gasteiger partial charge in [-0.05, 0) is 62.8 Å². The van der Waals surface area contributed by atoms with Gasteiger partial charge in [0, 0.05) is 6.42 Å². The molecule has 1 N–H and O–H groups in total. The monoisotopic (exact) mass is 234 g/mol. The summed E-state index contributed by atoms with van der Waals surface area (Å²) in [6.07, 6.45) is 3.82. The highest BCUT2D eigenvalue weighted by Crippen LogP contribution is 2.28. The molecule has 1 aliphatic carbocycles. The minimum absolute atomic E-state index is 0.179. The van der Waals surface area contributed by atoms with Gasteiger partial charge in [-0.1, -0.05) is 6.07 Å². The molecule has 0 spiro atoms. The van der Waals surface area contributed by atoms with Crippen LogP contribution in [-0.2, 0) is 0 Å². The summed E-state index contributed by atoms with van der Waals surface area (Å²) >= 11 is 0. The molecule has 2 heteroatoms. The summed E-state index contributed by atoms with van der Waals surface area (Å²) in [4.78, 5) is 0. The van der Waals surface area contributed by atoms with Crippen LogP contribution in [0.1, 0.15) is 42.4 Å². The molecule has 17 heavy (non-hydrogen) atoms. The second-order valence-corrected chi connectivity index (χ2v) is 5.27. The van der Waals surface area contributed by atoms with Gasteiger partial charge in [-0.2, -0.15) is 0 Å². The standard InChI is InChI=1S/C15H22O2/c1-10-7-11(2)12(3)15(8-10)17-14-6-4-5-13(16)9-14/h7-8,13-14,16H,4-6,9H2,1-3H3. The van der Waals surface area contributed by atoms with Crippen LogP contribution < -0.4 is 4.74 Å². The first-order valence-corrected chi connectivity index (χ1v) is 6.49. The topological polar surface area (TPSA) is 29.5 Å². The minimum atomic E-state index is -0.181. The Labute approximate surface area is 104 Å². The summed E-state index contributed by atoms with van der Waals surface area (Å²) in [5.41, 5.74) is 3.73. The molecule has 0 saturated heterocycles. The highest BCUT2D eigenvalue weighted by Gasteiger charge is 2.22. The molecular weight excluding hydrogens is 212 g/mol. The van der Waals surface area contributed by atoms with E-state index in [0.29, 0.717) is 0 Å². The van der Waals surface area contributed by atoms with Crippen LogP contribution in [-0.4, -0.2) is 17.3 Å². The van der Waals surface area contributed by atoms with E-state index in [9.17, 15) is 5.11 Å². The Morgan fingerprint density at radius 3 is 2.65 bits per heavy atom. The zero-order chi connectivity index (χ0) is 12.4. The average molecular weight is 234 g/mol. The number of aliphatic hydroxyl groups excluding tert-OH is 1. The van der Waals surface area contributed by atoms with Crippen molar-refractivity contribution in [3.8, 4) is 5.75 Å². The van der Waals surface area contributed by atoms with Crippen molar-refractivity contribution in [2.45, 2.75) is 58.7 Å². The van der Waals surface area contributed by atoms with Crippen LogP contribution in [0.15, 0.2) is 12.1 Å². The molecule has 1 saturated carbocycles. The molecule has 0 aliphatic heterocycles. The van der Waals surface area contributed by atoms with Crippen LogP contribution >= 0.6 is 0 Å². The normalized spacial score (nSPS) is 24.7. The molecule has 0 amide bonds. The van der Waals surface area contributed by atoms with E-state index in [4.69, 9.17) is 4.74 Å². The third-order valence-electron chi connectivity index (χ3n) is 3.66. The molecular formula is C15H22O2. The number of aliphatic hydroxyl groups is 1. The van der Waals surface area contributed by atoms with Gasteiger partial charge in [0.25, 0.3) is 0 Å². The van der Waals surface area contributed by atoms with Crippen LogP contribution in [0, 0.1) is 20.8 Å². The fourth-order valence-corrected chi connectivity index (χ4v) is 2.53. The van der Waals surface area contributed by atoms with E-state index in [-0.39, 0.29) is 12.2 Å². The third kappa shape index (κ3) is 3.01. The quantitative estimate of drug-likeness (QED) is 0.850. The van der Waals surface area contributed by atoms with Crippen LogP contribution in [0.25, 0.3) is 0 Å². The molecule has 1 fully saturated rings. The zero-order valence-corrected chi connectivity index (χ0v) is 11.0. The molecule has 2 unspecified atom stereocenters. The molecule has 0 radical (unpaired) electrons. The minimum Gasteiger partial charge on any atom is -0.490 e. The molecule has 94 valence electrons. The zero-order valence-electron chi connectivity index (χ0n) is 11.0. The molecule has 0 heterocycles. The summed E-state index contributed by atoms with van der Waals surface area (Å²) in [5.74, 6) is 0.988. The fraction of sp³-hybridized carbons (Fsp3) is 0.600. The van der Waals surface area contributed by atoms with Gasteiger partial charge in [0.05, 0.1) is 6.10 Å². The molecule has 1 aromatic rings. The number of benzene rings is 1. The lowest BCUT2D eigenvalue weighted by Gasteiger charge is -2.27. The van der Waals surface area contributed by atoms with Crippen molar-refractivity contribution in [1.82, 2.24) is 0 Å². The molecule has 2 nitrogen and oxygen atoms in total. The van der Waals surface area contributed by atoms with Crippen molar-refractivity contribution in [3.05, 3.63) is 28.8 Å². The first-order chi connectivity index (χ1) is 8.06. The average Bonchev–Trinajstić information content (AvgIpc) is 2.25. The lowest BCUT2D eigenvalue weighted by atomic mass is 9.95. The Balaban J connectivity index is 2.12. The van der Waals surface area contributed by atoms with Crippen molar-refractivity contribution in [2.75, 3.05) is 0 Å². The maximum absolute atomic E-state index is 9.66. The van der Waals surface area contributed by atoms with Gasteiger partial charge >= 0.3 is 0 Å². The van der Waals surface area contributed by atoms with E-state index in [1.807, 2.05) is 0 Å². The van der Waals surface area contributed by atoms with Crippen molar-refractivity contribution >= 4 is 0 Å². The van der Waals surface area contributed by atoms with Crippen LogP contribution in [0.5, 0.6) is 5.75 Å². The summed E-state index contributed by atoms with van der Waals surface area (Å²) < 4.78 is 6.06. The predicted molar refractivity (Wildman–Crippen MR) is 69.5 cm³/mol. The highest BCUT2D eigenvalue weighted by molar-refractivity contribution is 5.42. The maximum atomic E-state index is 9.66. The van der Waals surface area contributed by atoms with E-state index in [1.54, 1.807) is 0 Å². The second kappa shape index (κ2) is 5.09. The highest BCUT2D eigenvalue weighted by atomic mass is 16.5. The number of rotatable bonds is 2. The number of ether oxygens (including phenoxy) is 1. The summed E-state index contributed by atoms with van der Waals surface area (Å²) in [6, 6.07) is 4.28. The fourth-order valence-electron chi connectivity index (χ4n) is 2.53. The lowest BCUT2D eigenvalue weighted by molar-refractivity contribution is 0.0532. The number of aryl methyl sites for hydroxylation is 2. The molecule has 2 atom stereocenters. The van der Waals surface area contributed by atoms with Gasteiger partial charge in [0.15, 0.2) is 0 Å². The SMILES string of the molecule is Cc1cc(C)c(C)c(OC2CCCC(O)C2)c1. The Bertz CT molecular complexity index is 398. The number of hydrogen-bond donors (Lipinski definition) is 1. The summed E-state index contributed by atoms with van der Waals surface area (Å²) in [7, 11) is 0. The Kier molecular flexibility index (Phi) is 3.72. The van der Waals surface area contributed by atoms with Gasteiger partial charge in [-0.15, -0.1) is 0 Å². The smallest absolute Gasteiger partial charge is 0.123 e. The third-order valence-corrected chi connectivity index (χ3v) is 3.66. The number of hydrogen-bond acceptors (Lipinski definition) is 2. The summed E-state index contributed by atoms with van der Waals surface area (Å²) in [5, 5.41) is 9.66. The molecule has 1 aromatic carbocycles. The van der Waals surface area contributed by atoms with E-state index in [1.165, 1.54) is 16.7 Å². The van der Waals surface area contributed by atoms with E-state index in [2.05, 4.69) is 32.9 Å². The lowest BCUT2D eigenvalue weighted by Crippen LogP contribution is -2.28. The molecule has 1 aliphatic rings. The maximum Gasteiger partial charge on any atom is 0.123 e. The van der Waals surface area contributed by atoms with E-state index < -0.39 is 0 Å². The predicted octanol–water partition coefficient (Wildman–Crippen LogP) is 3.29. The van der Waals surface area contributed by atoms with Gasteiger partial charge in [0.1, 0.15) is 11.9 Å². The Morgan fingerprint density at radius 2 is 1.94 bits per heavy atom. The first kappa shape index (κ1) is 12.4. The van der Waals surface area contributed by atoms with E-state index in [0.717, 1.165) is 31.4 Å². The molecule has 0 aromatic heterocycles. The van der Waals surface area contributed by atoms with Crippen LogP contribution in [0.4, 0.5) is 0 Å². The van der Waals surface area contributed by atoms with Gasteiger partial charge in [0.2, 0.25) is 0 Å². The second-order valence-electron chi connectivity index (χ2n) is 5.27. The van der Waals surface area contributed by atoms with Crippen LogP contribution in [0.3, 0.4) is 0 Å². The largest absolute Gasteiger partial charge is 0.490 e. The van der Waals surface area contributed by atoms with Crippen LogP contribution in [0.2, 0.25) is 0 Å².